The molecule has 0 radical (unpaired) electrons. The molecule has 4 nitrogen and oxygen atoms in total. The van der Waals surface area contributed by atoms with Crippen molar-refractivity contribution in [1.29, 1.82) is 0 Å². The number of hydrogen-bond donors (Lipinski definition) is 1. The predicted molar refractivity (Wildman–Crippen MR) is 56.4 cm³/mol. The normalized spacial score (nSPS) is 22.2. The van der Waals surface area contributed by atoms with E-state index in [9.17, 15) is 9.59 Å². The summed E-state index contributed by atoms with van der Waals surface area (Å²) in [5.41, 5.74) is 0. The topological polar surface area (TPSA) is 57.6 Å². The van der Waals surface area contributed by atoms with E-state index >= 15 is 0 Å². The van der Waals surface area contributed by atoms with Crippen molar-refractivity contribution in [3.63, 3.8) is 0 Å². The fourth-order valence-corrected chi connectivity index (χ4v) is 2.05. The Kier molecular flexibility index (Phi) is 4.12. The summed E-state index contributed by atoms with van der Waals surface area (Å²) in [6, 6.07) is 0.227. The summed E-state index contributed by atoms with van der Waals surface area (Å²) in [7, 11) is 0. The van der Waals surface area contributed by atoms with Gasteiger partial charge in [-0.1, -0.05) is 0 Å². The highest BCUT2D eigenvalue weighted by atomic mass is 16.4. The lowest BCUT2D eigenvalue weighted by Gasteiger charge is -2.35. The molecular weight excluding hydrogens is 194 g/mol. The monoisotopic (exact) mass is 213 g/mol. The molecular formula is C11H19NO3. The van der Waals surface area contributed by atoms with E-state index in [1.54, 1.807) is 0 Å². The number of rotatable bonds is 4. The molecule has 1 aliphatic heterocycles. The highest BCUT2D eigenvalue weighted by Crippen LogP contribution is 2.23. The van der Waals surface area contributed by atoms with Gasteiger partial charge in [-0.05, 0) is 33.1 Å². The van der Waals surface area contributed by atoms with Crippen LogP contribution in [-0.2, 0) is 9.59 Å². The molecule has 0 bridgehead atoms. The quantitative estimate of drug-likeness (QED) is 0.769. The van der Waals surface area contributed by atoms with Crippen LogP contribution < -0.4 is 0 Å². The van der Waals surface area contributed by atoms with Crippen LogP contribution in [0.1, 0.15) is 39.5 Å². The Balaban J connectivity index is 2.51. The summed E-state index contributed by atoms with van der Waals surface area (Å²) >= 11 is 0. The van der Waals surface area contributed by atoms with Gasteiger partial charge in [-0.25, -0.2) is 0 Å². The number of nitrogens with zero attached hydrogens (tertiary/aromatic N) is 1. The molecule has 0 saturated carbocycles. The van der Waals surface area contributed by atoms with Gasteiger partial charge in [0.05, 0.1) is 0 Å². The van der Waals surface area contributed by atoms with E-state index in [0.717, 1.165) is 19.4 Å². The first kappa shape index (κ1) is 12.0. The van der Waals surface area contributed by atoms with Crippen molar-refractivity contribution < 1.29 is 14.7 Å². The molecule has 0 aromatic heterocycles. The Morgan fingerprint density at radius 1 is 1.60 bits per heavy atom. The van der Waals surface area contributed by atoms with Crippen molar-refractivity contribution in [2.75, 3.05) is 6.54 Å². The van der Waals surface area contributed by atoms with Gasteiger partial charge in [-0.15, -0.1) is 0 Å². The van der Waals surface area contributed by atoms with Gasteiger partial charge in [0.1, 0.15) is 0 Å². The first-order chi connectivity index (χ1) is 7.02. The molecule has 1 fully saturated rings. The molecule has 15 heavy (non-hydrogen) atoms. The van der Waals surface area contributed by atoms with Gasteiger partial charge in [-0.3, -0.25) is 9.59 Å². The molecule has 1 unspecified atom stereocenters. The minimum absolute atomic E-state index is 0.0720. The van der Waals surface area contributed by atoms with E-state index in [-0.39, 0.29) is 24.3 Å². The van der Waals surface area contributed by atoms with Crippen molar-refractivity contribution in [2.45, 2.75) is 45.6 Å². The number of carbonyl (C=O) groups is 2. The Bertz CT molecular complexity index is 250. The molecule has 4 heteroatoms. The van der Waals surface area contributed by atoms with Crippen LogP contribution in [0.4, 0.5) is 0 Å². The van der Waals surface area contributed by atoms with E-state index in [4.69, 9.17) is 5.11 Å². The number of carbonyl (C=O) groups excluding carboxylic acids is 1. The summed E-state index contributed by atoms with van der Waals surface area (Å²) in [6.45, 7) is 4.81. The third kappa shape index (κ3) is 3.22. The molecule has 1 amide bonds. The summed E-state index contributed by atoms with van der Waals surface area (Å²) in [6.07, 6.45) is 2.42. The van der Waals surface area contributed by atoms with Gasteiger partial charge in [0.2, 0.25) is 5.91 Å². The molecule has 1 atom stereocenters. The van der Waals surface area contributed by atoms with Crippen molar-refractivity contribution >= 4 is 11.9 Å². The lowest BCUT2D eigenvalue weighted by Crippen LogP contribution is -2.45. The van der Waals surface area contributed by atoms with Crippen LogP contribution in [0.3, 0.4) is 0 Å². The van der Waals surface area contributed by atoms with Crippen LogP contribution in [-0.4, -0.2) is 34.5 Å². The maximum atomic E-state index is 11.9. The number of likely N-dealkylation sites (tertiary alicyclic amines) is 1. The number of piperidine rings is 1. The van der Waals surface area contributed by atoms with E-state index in [0.29, 0.717) is 6.42 Å². The van der Waals surface area contributed by atoms with Crippen LogP contribution in [0.5, 0.6) is 0 Å². The van der Waals surface area contributed by atoms with Crippen LogP contribution in [0.25, 0.3) is 0 Å². The number of carboxylic acids is 1. The number of amides is 1. The average Bonchev–Trinajstić information content (AvgIpc) is 2.15. The van der Waals surface area contributed by atoms with Gasteiger partial charge in [0, 0.05) is 24.9 Å². The standard InChI is InChI=1S/C11H19NO3/c1-8(2)12-7-3-4-9(11(12)15)5-6-10(13)14/h8-9H,3-7H2,1-2H3,(H,13,14). The summed E-state index contributed by atoms with van der Waals surface area (Å²) in [5, 5.41) is 8.58. The second-order valence-corrected chi connectivity index (χ2v) is 4.40. The van der Waals surface area contributed by atoms with E-state index in [2.05, 4.69) is 0 Å². The van der Waals surface area contributed by atoms with Gasteiger partial charge in [0.15, 0.2) is 0 Å². The molecule has 1 N–H and O–H groups in total. The molecule has 0 aromatic rings. The van der Waals surface area contributed by atoms with E-state index in [1.807, 2.05) is 18.7 Å². The van der Waals surface area contributed by atoms with Crippen LogP contribution in [0, 0.1) is 5.92 Å². The van der Waals surface area contributed by atoms with Crippen molar-refractivity contribution in [2.24, 2.45) is 5.92 Å². The largest absolute Gasteiger partial charge is 0.481 e. The minimum Gasteiger partial charge on any atom is -0.481 e. The summed E-state index contributed by atoms with van der Waals surface area (Å²) < 4.78 is 0. The van der Waals surface area contributed by atoms with Gasteiger partial charge in [0.25, 0.3) is 0 Å². The average molecular weight is 213 g/mol. The Morgan fingerprint density at radius 3 is 2.80 bits per heavy atom. The van der Waals surface area contributed by atoms with Gasteiger partial charge >= 0.3 is 5.97 Å². The van der Waals surface area contributed by atoms with Crippen molar-refractivity contribution in [1.82, 2.24) is 4.90 Å². The maximum Gasteiger partial charge on any atom is 0.303 e. The van der Waals surface area contributed by atoms with Crippen LogP contribution >= 0.6 is 0 Å². The molecule has 0 aromatic carbocycles. The highest BCUT2D eigenvalue weighted by Gasteiger charge is 2.29. The lowest BCUT2D eigenvalue weighted by molar-refractivity contribution is -0.142. The second-order valence-electron chi connectivity index (χ2n) is 4.40. The van der Waals surface area contributed by atoms with Gasteiger partial charge < -0.3 is 10.0 Å². The number of aliphatic carboxylic acids is 1. The highest BCUT2D eigenvalue weighted by molar-refractivity contribution is 5.80. The Hall–Kier alpha value is -1.06. The molecule has 86 valence electrons. The van der Waals surface area contributed by atoms with Crippen LogP contribution in [0.2, 0.25) is 0 Å². The zero-order valence-corrected chi connectivity index (χ0v) is 9.40. The zero-order valence-electron chi connectivity index (χ0n) is 9.40. The van der Waals surface area contributed by atoms with Crippen LogP contribution in [0.15, 0.2) is 0 Å². The Morgan fingerprint density at radius 2 is 2.27 bits per heavy atom. The fourth-order valence-electron chi connectivity index (χ4n) is 2.05. The van der Waals surface area contributed by atoms with Crippen molar-refractivity contribution in [3.8, 4) is 0 Å². The molecule has 1 heterocycles. The third-order valence-electron chi connectivity index (χ3n) is 2.91. The first-order valence-corrected chi connectivity index (χ1v) is 5.54. The lowest BCUT2D eigenvalue weighted by atomic mass is 9.92. The number of hydrogen-bond acceptors (Lipinski definition) is 2. The fraction of sp³-hybridized carbons (Fsp3) is 0.818. The molecule has 1 rings (SSSR count). The molecule has 0 spiro atoms. The molecule has 1 saturated heterocycles. The van der Waals surface area contributed by atoms with Crippen molar-refractivity contribution in [3.05, 3.63) is 0 Å². The first-order valence-electron chi connectivity index (χ1n) is 5.54. The third-order valence-corrected chi connectivity index (χ3v) is 2.91. The Labute approximate surface area is 90.3 Å². The summed E-state index contributed by atoms with van der Waals surface area (Å²) in [4.78, 5) is 24.2. The van der Waals surface area contributed by atoms with E-state index in [1.165, 1.54) is 0 Å². The van der Waals surface area contributed by atoms with Gasteiger partial charge in [-0.2, -0.15) is 0 Å². The molecule has 1 aliphatic rings. The second kappa shape index (κ2) is 5.14. The van der Waals surface area contributed by atoms with E-state index < -0.39 is 5.97 Å². The summed E-state index contributed by atoms with van der Waals surface area (Å²) in [5.74, 6) is -0.751. The maximum absolute atomic E-state index is 11.9. The molecule has 0 aliphatic carbocycles. The minimum atomic E-state index is -0.815. The predicted octanol–water partition coefficient (Wildman–Crippen LogP) is 1.50. The smallest absolute Gasteiger partial charge is 0.303 e. The number of carboxylic acid groups (broad SMARTS) is 1. The zero-order chi connectivity index (χ0) is 11.4. The SMILES string of the molecule is CC(C)N1CCCC(CCC(=O)O)C1=O.